The number of carbonyl (C=O) groups is 1. The van der Waals surface area contributed by atoms with Crippen LogP contribution in [0.1, 0.15) is 12.0 Å². The largest absolute Gasteiger partial charge is 0.481 e. The molecule has 1 fully saturated rings. The fraction of sp³-hybridized carbons (Fsp3) is 0.455. The summed E-state index contributed by atoms with van der Waals surface area (Å²) in [5, 5.41) is 8.94. The first-order chi connectivity index (χ1) is 7.58. The summed E-state index contributed by atoms with van der Waals surface area (Å²) in [6.45, 7) is 3.32. The van der Waals surface area contributed by atoms with Crippen molar-refractivity contribution in [3.8, 4) is 0 Å². The van der Waals surface area contributed by atoms with Crippen LogP contribution in [0, 0.1) is 12.8 Å². The van der Waals surface area contributed by atoms with Gasteiger partial charge in [-0.05, 0) is 40.9 Å². The van der Waals surface area contributed by atoms with Crippen molar-refractivity contribution in [1.29, 1.82) is 0 Å². The smallest absolute Gasteiger partial charge is 0.308 e. The van der Waals surface area contributed by atoms with E-state index in [4.69, 9.17) is 5.11 Å². The number of rotatable bonds is 2. The highest BCUT2D eigenvalue weighted by molar-refractivity contribution is 9.10. The number of carboxylic acid groups (broad SMARTS) is 1. The lowest BCUT2D eigenvalue weighted by molar-refractivity contribution is -0.140. The lowest BCUT2D eigenvalue weighted by Crippen LogP contribution is -2.24. The third kappa shape index (κ3) is 2.19. The van der Waals surface area contributed by atoms with Crippen molar-refractivity contribution in [3.05, 3.63) is 22.3 Å². The summed E-state index contributed by atoms with van der Waals surface area (Å²) in [6, 6.07) is 2.00. The van der Waals surface area contributed by atoms with Gasteiger partial charge in [-0.3, -0.25) is 4.79 Å². The van der Waals surface area contributed by atoms with E-state index in [0.717, 1.165) is 22.4 Å². The van der Waals surface area contributed by atoms with Crippen molar-refractivity contribution < 1.29 is 9.90 Å². The van der Waals surface area contributed by atoms with Gasteiger partial charge in [0.1, 0.15) is 5.82 Å². The van der Waals surface area contributed by atoms with Crippen molar-refractivity contribution in [2.45, 2.75) is 13.3 Å². The number of anilines is 1. The molecule has 1 atom stereocenters. The number of aliphatic carboxylic acids is 1. The molecule has 16 heavy (non-hydrogen) atoms. The molecule has 1 aromatic rings. The minimum Gasteiger partial charge on any atom is -0.481 e. The minimum atomic E-state index is -0.711. The van der Waals surface area contributed by atoms with Crippen molar-refractivity contribution in [2.24, 2.45) is 5.92 Å². The number of hydrogen-bond acceptors (Lipinski definition) is 3. The summed E-state index contributed by atoms with van der Waals surface area (Å²) in [7, 11) is 0. The Kier molecular flexibility index (Phi) is 3.14. The zero-order chi connectivity index (χ0) is 11.7. The number of pyridine rings is 1. The molecule has 86 valence electrons. The third-order valence-corrected chi connectivity index (χ3v) is 3.29. The highest BCUT2D eigenvalue weighted by Crippen LogP contribution is 2.26. The molecule has 2 rings (SSSR count). The summed E-state index contributed by atoms with van der Waals surface area (Å²) in [4.78, 5) is 17.2. The highest BCUT2D eigenvalue weighted by atomic mass is 79.9. The van der Waals surface area contributed by atoms with Gasteiger partial charge in [0.2, 0.25) is 0 Å². The minimum absolute atomic E-state index is 0.259. The highest BCUT2D eigenvalue weighted by Gasteiger charge is 2.29. The SMILES string of the molecule is Cc1cc(Br)cnc1N1CCC(C(=O)O)C1. The molecular weight excluding hydrogens is 272 g/mol. The first-order valence-electron chi connectivity index (χ1n) is 5.18. The molecule has 1 aromatic heterocycles. The summed E-state index contributed by atoms with van der Waals surface area (Å²) in [6.07, 6.45) is 2.45. The lowest BCUT2D eigenvalue weighted by atomic mass is 10.1. The molecule has 0 aliphatic carbocycles. The second kappa shape index (κ2) is 4.41. The fourth-order valence-corrected chi connectivity index (χ4v) is 2.46. The molecule has 0 saturated carbocycles. The lowest BCUT2D eigenvalue weighted by Gasteiger charge is -2.18. The van der Waals surface area contributed by atoms with Gasteiger partial charge in [0.05, 0.1) is 5.92 Å². The summed E-state index contributed by atoms with van der Waals surface area (Å²) >= 11 is 3.36. The van der Waals surface area contributed by atoms with Crippen LogP contribution in [0.2, 0.25) is 0 Å². The average Bonchev–Trinajstić information content (AvgIpc) is 2.66. The van der Waals surface area contributed by atoms with Gasteiger partial charge in [-0.2, -0.15) is 0 Å². The molecule has 4 nitrogen and oxygen atoms in total. The predicted octanol–water partition coefficient (Wildman–Crippen LogP) is 2.06. The van der Waals surface area contributed by atoms with Crippen LogP contribution in [0.4, 0.5) is 5.82 Å². The Labute approximate surface area is 102 Å². The Bertz CT molecular complexity index is 422. The Morgan fingerprint density at radius 3 is 3.00 bits per heavy atom. The Hall–Kier alpha value is -1.10. The summed E-state index contributed by atoms with van der Waals surface area (Å²) in [5.41, 5.74) is 1.07. The maximum Gasteiger partial charge on any atom is 0.308 e. The van der Waals surface area contributed by atoms with E-state index in [1.54, 1.807) is 6.20 Å². The normalized spacial score (nSPS) is 20.1. The molecule has 0 radical (unpaired) electrons. The van der Waals surface area contributed by atoms with Gasteiger partial charge in [0.15, 0.2) is 0 Å². The first kappa shape index (κ1) is 11.4. The van der Waals surface area contributed by atoms with Crippen LogP contribution < -0.4 is 4.90 Å². The maximum absolute atomic E-state index is 10.9. The number of aromatic nitrogens is 1. The second-order valence-corrected chi connectivity index (χ2v) is 4.98. The molecule has 0 amide bonds. The quantitative estimate of drug-likeness (QED) is 0.903. The molecule has 1 aliphatic heterocycles. The monoisotopic (exact) mass is 284 g/mol. The van der Waals surface area contributed by atoms with E-state index in [1.807, 2.05) is 17.9 Å². The van der Waals surface area contributed by atoms with Crippen molar-refractivity contribution in [2.75, 3.05) is 18.0 Å². The van der Waals surface area contributed by atoms with Crippen molar-refractivity contribution in [3.63, 3.8) is 0 Å². The summed E-state index contributed by atoms with van der Waals surface area (Å²) in [5.74, 6) is -0.0749. The molecule has 0 bridgehead atoms. The van der Waals surface area contributed by atoms with Gasteiger partial charge < -0.3 is 10.0 Å². The number of carboxylic acids is 1. The molecule has 5 heteroatoms. The Morgan fingerprint density at radius 1 is 1.69 bits per heavy atom. The third-order valence-electron chi connectivity index (χ3n) is 2.85. The van der Waals surface area contributed by atoms with Gasteiger partial charge in [-0.1, -0.05) is 0 Å². The summed E-state index contributed by atoms with van der Waals surface area (Å²) < 4.78 is 0.947. The first-order valence-corrected chi connectivity index (χ1v) is 5.97. The molecule has 0 aromatic carbocycles. The van der Waals surface area contributed by atoms with Crippen LogP contribution in [0.15, 0.2) is 16.7 Å². The van der Waals surface area contributed by atoms with E-state index >= 15 is 0 Å². The Balaban J connectivity index is 2.17. The van der Waals surface area contributed by atoms with E-state index in [-0.39, 0.29) is 5.92 Å². The van der Waals surface area contributed by atoms with E-state index < -0.39 is 5.97 Å². The molecule has 1 aliphatic rings. The molecule has 1 saturated heterocycles. The number of nitrogens with zero attached hydrogens (tertiary/aromatic N) is 2. The van der Waals surface area contributed by atoms with Crippen molar-refractivity contribution >= 4 is 27.7 Å². The topological polar surface area (TPSA) is 53.4 Å². The zero-order valence-electron chi connectivity index (χ0n) is 8.98. The maximum atomic E-state index is 10.9. The predicted molar refractivity (Wildman–Crippen MR) is 64.6 cm³/mol. The molecule has 0 spiro atoms. The van der Waals surface area contributed by atoms with Crippen molar-refractivity contribution in [1.82, 2.24) is 4.98 Å². The van der Waals surface area contributed by atoms with E-state index in [9.17, 15) is 4.79 Å². The van der Waals surface area contributed by atoms with Crippen LogP contribution in [-0.4, -0.2) is 29.1 Å². The number of aryl methyl sites for hydroxylation is 1. The van der Waals surface area contributed by atoms with Crippen LogP contribution in [-0.2, 0) is 4.79 Å². The molecule has 1 N–H and O–H groups in total. The van der Waals surface area contributed by atoms with E-state index in [0.29, 0.717) is 13.0 Å². The molecule has 1 unspecified atom stereocenters. The number of hydrogen-bond donors (Lipinski definition) is 1. The van der Waals surface area contributed by atoms with E-state index in [2.05, 4.69) is 20.9 Å². The van der Waals surface area contributed by atoms with Gasteiger partial charge in [0, 0.05) is 23.8 Å². The average molecular weight is 285 g/mol. The number of halogens is 1. The van der Waals surface area contributed by atoms with Gasteiger partial charge in [-0.25, -0.2) is 4.98 Å². The molecule has 2 heterocycles. The second-order valence-electron chi connectivity index (χ2n) is 4.06. The fourth-order valence-electron chi connectivity index (χ4n) is 2.02. The van der Waals surface area contributed by atoms with Gasteiger partial charge >= 0.3 is 5.97 Å². The zero-order valence-corrected chi connectivity index (χ0v) is 10.6. The Morgan fingerprint density at radius 2 is 2.44 bits per heavy atom. The van der Waals surface area contributed by atoms with Crippen LogP contribution in [0.25, 0.3) is 0 Å². The molecular formula is C11H13BrN2O2. The standard InChI is InChI=1S/C11H13BrN2O2/c1-7-4-9(12)5-13-10(7)14-3-2-8(6-14)11(15)16/h4-5,8H,2-3,6H2,1H3,(H,15,16). The van der Waals surface area contributed by atoms with Crippen LogP contribution >= 0.6 is 15.9 Å². The van der Waals surface area contributed by atoms with E-state index in [1.165, 1.54) is 0 Å². The van der Waals surface area contributed by atoms with Crippen LogP contribution in [0.5, 0.6) is 0 Å². The van der Waals surface area contributed by atoms with Gasteiger partial charge in [-0.15, -0.1) is 0 Å². The van der Waals surface area contributed by atoms with Crippen LogP contribution in [0.3, 0.4) is 0 Å². The van der Waals surface area contributed by atoms with Gasteiger partial charge in [0.25, 0.3) is 0 Å².